The van der Waals surface area contributed by atoms with Gasteiger partial charge in [-0.15, -0.1) is 0 Å². The Hall–Kier alpha value is -1.37. The molecule has 1 aliphatic carbocycles. The van der Waals surface area contributed by atoms with Crippen LogP contribution >= 0.6 is 0 Å². The van der Waals surface area contributed by atoms with E-state index < -0.39 is 12.3 Å². The van der Waals surface area contributed by atoms with Crippen LogP contribution in [-0.2, 0) is 11.2 Å². The highest BCUT2D eigenvalue weighted by Gasteiger charge is 2.41. The second kappa shape index (κ2) is 7.47. The van der Waals surface area contributed by atoms with Crippen LogP contribution in [-0.4, -0.2) is 60.8 Å². The first kappa shape index (κ1) is 19.9. The second-order valence-corrected chi connectivity index (χ2v) is 9.36. The Balaban J connectivity index is 1.52. The molecule has 5 nitrogen and oxygen atoms in total. The third-order valence-electron chi connectivity index (χ3n) is 6.00. The molecule has 0 amide bonds. The molecule has 0 aromatic heterocycles. The van der Waals surface area contributed by atoms with E-state index in [2.05, 4.69) is 4.90 Å². The Morgan fingerprint density at radius 3 is 2.61 bits per heavy atom. The summed E-state index contributed by atoms with van der Waals surface area (Å²) in [5.74, 6) is 1.39. The number of hydrogen-bond acceptors (Lipinski definition) is 5. The van der Waals surface area contributed by atoms with E-state index in [1.807, 2.05) is 32.9 Å². The molecule has 28 heavy (non-hydrogen) atoms. The molecular weight excluding hydrogens is 361 g/mol. The molecule has 6 heteroatoms. The molecule has 2 heterocycles. The van der Waals surface area contributed by atoms with Crippen LogP contribution < -0.4 is 9.47 Å². The number of alkyl halides is 1. The van der Waals surface area contributed by atoms with Gasteiger partial charge in [0.1, 0.15) is 6.17 Å². The van der Waals surface area contributed by atoms with Crippen molar-refractivity contribution in [2.24, 2.45) is 5.92 Å². The van der Waals surface area contributed by atoms with E-state index >= 15 is 0 Å². The van der Waals surface area contributed by atoms with Crippen molar-refractivity contribution in [3.63, 3.8) is 0 Å². The largest absolute Gasteiger partial charge is 0.493 e. The fourth-order valence-corrected chi connectivity index (χ4v) is 4.41. The predicted octanol–water partition coefficient (Wildman–Crippen LogP) is 3.28. The number of aliphatic hydroxyl groups excluding tert-OH is 1. The highest BCUT2D eigenvalue weighted by Crippen LogP contribution is 2.43. The summed E-state index contributed by atoms with van der Waals surface area (Å²) >= 11 is 0. The maximum absolute atomic E-state index is 13.1. The molecule has 4 rings (SSSR count). The summed E-state index contributed by atoms with van der Waals surface area (Å²) in [6.45, 7) is 8.12. The maximum Gasteiger partial charge on any atom is 0.161 e. The van der Waals surface area contributed by atoms with Gasteiger partial charge in [0.2, 0.25) is 0 Å². The average Bonchev–Trinajstić information content (AvgIpc) is 3.34. The molecule has 1 aromatic rings. The number of rotatable bonds is 5. The van der Waals surface area contributed by atoms with Crippen molar-refractivity contribution in [2.75, 3.05) is 26.8 Å². The molecule has 1 saturated heterocycles. The van der Waals surface area contributed by atoms with Gasteiger partial charge in [-0.3, -0.25) is 4.90 Å². The molecule has 1 aromatic carbocycles. The Kier molecular flexibility index (Phi) is 5.31. The van der Waals surface area contributed by atoms with Crippen LogP contribution in [0.1, 0.15) is 50.8 Å². The normalized spacial score (nSPS) is 32.4. The molecule has 156 valence electrons. The third kappa shape index (κ3) is 4.14. The van der Waals surface area contributed by atoms with Gasteiger partial charge in [-0.2, -0.15) is 0 Å². The number of nitrogens with zero attached hydrogens (tertiary/aromatic N) is 1. The lowest BCUT2D eigenvalue weighted by Crippen LogP contribution is -2.53. The highest BCUT2D eigenvalue weighted by atomic mass is 19.1. The van der Waals surface area contributed by atoms with Crippen LogP contribution in [0.2, 0.25) is 0 Å². The summed E-state index contributed by atoms with van der Waals surface area (Å²) in [5.41, 5.74) is 2.15. The molecule has 0 spiro atoms. The number of benzene rings is 1. The standard InChI is InChI=1S/C22H32FNO4/c1-22(2,3)28-21-11-24-6-5-13-8-20(27-12-14-7-16(14)23)19(26-4)9-15(13)17(24)10-18(21)25/h8-9,14,16-18,21,25H,5-7,10-12H2,1-4H3/t14-,16+,17?,18?,21?/m0/s1. The number of aliphatic hydroxyl groups is 1. The minimum Gasteiger partial charge on any atom is -0.493 e. The zero-order valence-corrected chi connectivity index (χ0v) is 17.3. The monoisotopic (exact) mass is 393 g/mol. The summed E-state index contributed by atoms with van der Waals surface area (Å²) in [5, 5.41) is 10.7. The Labute approximate surface area is 166 Å². The first-order chi connectivity index (χ1) is 13.2. The zero-order valence-electron chi connectivity index (χ0n) is 17.3. The van der Waals surface area contributed by atoms with Crippen molar-refractivity contribution in [2.45, 2.75) is 70.1 Å². The van der Waals surface area contributed by atoms with Crippen molar-refractivity contribution in [3.8, 4) is 11.5 Å². The van der Waals surface area contributed by atoms with Crippen molar-refractivity contribution in [1.82, 2.24) is 4.90 Å². The molecule has 1 N–H and O–H groups in total. The van der Waals surface area contributed by atoms with Gasteiger partial charge in [0, 0.05) is 25.0 Å². The van der Waals surface area contributed by atoms with E-state index in [-0.39, 0.29) is 23.7 Å². The highest BCUT2D eigenvalue weighted by molar-refractivity contribution is 5.49. The van der Waals surface area contributed by atoms with Gasteiger partial charge < -0.3 is 19.3 Å². The Morgan fingerprint density at radius 2 is 1.96 bits per heavy atom. The van der Waals surface area contributed by atoms with Gasteiger partial charge in [-0.1, -0.05) is 0 Å². The van der Waals surface area contributed by atoms with E-state index in [0.29, 0.717) is 30.9 Å². The molecule has 2 aliphatic heterocycles. The number of methoxy groups -OCH3 is 1. The smallest absolute Gasteiger partial charge is 0.161 e. The fraction of sp³-hybridized carbons (Fsp3) is 0.727. The predicted molar refractivity (Wildman–Crippen MR) is 105 cm³/mol. The molecule has 5 atom stereocenters. The average molecular weight is 393 g/mol. The van der Waals surface area contributed by atoms with Crippen LogP contribution in [0, 0.1) is 5.92 Å². The maximum atomic E-state index is 13.1. The summed E-state index contributed by atoms with van der Waals surface area (Å²) < 4.78 is 30.7. The lowest BCUT2D eigenvalue weighted by molar-refractivity contribution is -0.149. The van der Waals surface area contributed by atoms with E-state index in [1.165, 1.54) is 11.1 Å². The molecule has 3 unspecified atom stereocenters. The van der Waals surface area contributed by atoms with Crippen LogP contribution in [0.25, 0.3) is 0 Å². The molecule has 0 bridgehead atoms. The van der Waals surface area contributed by atoms with E-state index in [0.717, 1.165) is 19.5 Å². The van der Waals surface area contributed by atoms with Crippen molar-refractivity contribution in [3.05, 3.63) is 23.3 Å². The van der Waals surface area contributed by atoms with Gasteiger partial charge in [-0.25, -0.2) is 4.39 Å². The SMILES string of the molecule is COc1cc2c(cc1OC[C@@H]1C[C@H]1F)CCN1CC(OC(C)(C)C)C(O)CC21. The Bertz CT molecular complexity index is 719. The quantitative estimate of drug-likeness (QED) is 0.832. The van der Waals surface area contributed by atoms with Crippen LogP contribution in [0.15, 0.2) is 12.1 Å². The summed E-state index contributed by atoms with van der Waals surface area (Å²) in [6, 6.07) is 4.24. The number of piperidine rings is 1. The third-order valence-corrected chi connectivity index (χ3v) is 6.00. The number of ether oxygens (including phenoxy) is 3. The molecule has 3 aliphatic rings. The lowest BCUT2D eigenvalue weighted by atomic mass is 9.84. The number of halogens is 1. The summed E-state index contributed by atoms with van der Waals surface area (Å²) in [6.07, 6.45) is 0.769. The van der Waals surface area contributed by atoms with Gasteiger partial charge in [0.15, 0.2) is 11.5 Å². The molecule has 1 saturated carbocycles. The van der Waals surface area contributed by atoms with Crippen LogP contribution in [0.3, 0.4) is 0 Å². The topological polar surface area (TPSA) is 51.2 Å². The second-order valence-electron chi connectivity index (χ2n) is 9.36. The van der Waals surface area contributed by atoms with Gasteiger partial charge in [0.25, 0.3) is 0 Å². The number of fused-ring (bicyclic) bond motifs is 3. The van der Waals surface area contributed by atoms with E-state index in [4.69, 9.17) is 14.2 Å². The van der Waals surface area contributed by atoms with Crippen LogP contribution in [0.4, 0.5) is 4.39 Å². The zero-order chi connectivity index (χ0) is 20.1. The van der Waals surface area contributed by atoms with E-state index in [9.17, 15) is 9.50 Å². The minimum absolute atomic E-state index is 0.0180. The Morgan fingerprint density at radius 1 is 1.21 bits per heavy atom. The summed E-state index contributed by atoms with van der Waals surface area (Å²) in [4.78, 5) is 2.41. The summed E-state index contributed by atoms with van der Waals surface area (Å²) in [7, 11) is 1.63. The fourth-order valence-electron chi connectivity index (χ4n) is 4.41. The molecule has 0 radical (unpaired) electrons. The van der Waals surface area contributed by atoms with Gasteiger partial charge in [0.05, 0.1) is 31.5 Å². The minimum atomic E-state index is -0.718. The molecular formula is C22H32FNO4. The van der Waals surface area contributed by atoms with Gasteiger partial charge in [-0.05, 0) is 63.3 Å². The van der Waals surface area contributed by atoms with Crippen LogP contribution in [0.5, 0.6) is 11.5 Å². The van der Waals surface area contributed by atoms with Crippen molar-refractivity contribution in [1.29, 1.82) is 0 Å². The molecule has 2 fully saturated rings. The number of hydrogen-bond donors (Lipinski definition) is 1. The van der Waals surface area contributed by atoms with Gasteiger partial charge >= 0.3 is 0 Å². The van der Waals surface area contributed by atoms with Crippen molar-refractivity contribution < 1.29 is 23.7 Å². The first-order valence-corrected chi connectivity index (χ1v) is 10.3. The first-order valence-electron chi connectivity index (χ1n) is 10.3. The van der Waals surface area contributed by atoms with Crippen molar-refractivity contribution >= 4 is 0 Å². The van der Waals surface area contributed by atoms with E-state index in [1.54, 1.807) is 7.11 Å². The lowest BCUT2D eigenvalue weighted by Gasteiger charge is -2.46.